The van der Waals surface area contributed by atoms with Gasteiger partial charge in [0.2, 0.25) is 17.7 Å². The number of hydrogen-bond donors (Lipinski definition) is 1. The van der Waals surface area contributed by atoms with Crippen LogP contribution in [0.1, 0.15) is 38.0 Å². The molecule has 0 radical (unpaired) electrons. The van der Waals surface area contributed by atoms with Gasteiger partial charge in [0.05, 0.1) is 0 Å². The minimum absolute atomic E-state index is 0.0923. The van der Waals surface area contributed by atoms with Crippen molar-refractivity contribution in [2.75, 3.05) is 0 Å². The lowest BCUT2D eigenvalue weighted by Crippen LogP contribution is -2.13. The van der Waals surface area contributed by atoms with E-state index in [2.05, 4.69) is 10.2 Å². The van der Waals surface area contributed by atoms with Crippen LogP contribution < -0.4 is 5.73 Å². The van der Waals surface area contributed by atoms with Gasteiger partial charge >= 0.3 is 0 Å². The summed E-state index contributed by atoms with van der Waals surface area (Å²) in [6.07, 6.45) is 0.946. The van der Waals surface area contributed by atoms with E-state index in [0.717, 1.165) is 0 Å². The van der Waals surface area contributed by atoms with Crippen molar-refractivity contribution in [2.24, 2.45) is 5.73 Å². The molecule has 0 bridgehead atoms. The van der Waals surface area contributed by atoms with E-state index in [9.17, 15) is 4.79 Å². The molecule has 0 aliphatic rings. The van der Waals surface area contributed by atoms with Crippen LogP contribution in [0.5, 0.6) is 0 Å². The number of aromatic nitrogens is 2. The largest absolute Gasteiger partial charge is 0.425 e. The summed E-state index contributed by atoms with van der Waals surface area (Å²) < 4.78 is 5.27. The summed E-state index contributed by atoms with van der Waals surface area (Å²) in [6.45, 7) is 3.76. The molecule has 1 rings (SSSR count). The number of amides is 1. The minimum Gasteiger partial charge on any atom is -0.425 e. The molecule has 1 aromatic rings. The van der Waals surface area contributed by atoms with Crippen LogP contribution in [0.4, 0.5) is 0 Å². The maximum Gasteiger partial charge on any atom is 0.219 e. The zero-order valence-corrected chi connectivity index (χ0v) is 7.78. The van der Waals surface area contributed by atoms with Gasteiger partial charge in [-0.3, -0.25) is 4.79 Å². The maximum absolute atomic E-state index is 10.6. The Kier molecular flexibility index (Phi) is 3.00. The van der Waals surface area contributed by atoms with E-state index in [0.29, 0.717) is 18.2 Å². The zero-order chi connectivity index (χ0) is 9.84. The number of carbonyl (C=O) groups is 1. The van der Waals surface area contributed by atoms with Crippen molar-refractivity contribution in [1.29, 1.82) is 0 Å². The Balaban J connectivity index is 2.65. The van der Waals surface area contributed by atoms with Gasteiger partial charge in [-0.2, -0.15) is 0 Å². The quantitative estimate of drug-likeness (QED) is 0.741. The summed E-state index contributed by atoms with van der Waals surface area (Å²) in [5.74, 6) is 0.621. The predicted molar refractivity (Wildman–Crippen MR) is 45.9 cm³/mol. The first-order chi connectivity index (χ1) is 6.13. The third-order valence-corrected chi connectivity index (χ3v) is 1.71. The molecule has 0 aromatic carbocycles. The Morgan fingerprint density at radius 3 is 2.77 bits per heavy atom. The van der Waals surface area contributed by atoms with Gasteiger partial charge < -0.3 is 10.2 Å². The van der Waals surface area contributed by atoms with Gasteiger partial charge in [-0.25, -0.2) is 0 Å². The molecular formula is C8H13N3O2. The fourth-order valence-corrected chi connectivity index (χ4v) is 0.998. The molecule has 0 spiro atoms. The molecule has 0 saturated heterocycles. The monoisotopic (exact) mass is 183 g/mol. The maximum atomic E-state index is 10.6. The molecule has 13 heavy (non-hydrogen) atoms. The second kappa shape index (κ2) is 4.02. The van der Waals surface area contributed by atoms with Crippen LogP contribution in [0.15, 0.2) is 4.42 Å². The van der Waals surface area contributed by atoms with E-state index in [4.69, 9.17) is 10.2 Å². The summed E-state index contributed by atoms with van der Waals surface area (Å²) in [5.41, 5.74) is 5.04. The molecular weight excluding hydrogens is 170 g/mol. The second-order valence-corrected chi connectivity index (χ2v) is 2.96. The van der Waals surface area contributed by atoms with E-state index >= 15 is 0 Å². The van der Waals surface area contributed by atoms with Crippen LogP contribution in [0.25, 0.3) is 0 Å². The predicted octanol–water partition coefficient (Wildman–Crippen LogP) is 0.611. The Hall–Kier alpha value is -1.39. The van der Waals surface area contributed by atoms with Crippen molar-refractivity contribution in [3.8, 4) is 0 Å². The summed E-state index contributed by atoms with van der Waals surface area (Å²) in [6, 6.07) is 0. The van der Waals surface area contributed by atoms with Crippen LogP contribution in [-0.4, -0.2) is 16.1 Å². The number of nitrogens with zero attached hydrogens (tertiary/aromatic N) is 2. The van der Waals surface area contributed by atoms with Crippen molar-refractivity contribution in [1.82, 2.24) is 10.2 Å². The zero-order valence-electron chi connectivity index (χ0n) is 7.78. The molecule has 0 fully saturated rings. The summed E-state index contributed by atoms with van der Waals surface area (Å²) >= 11 is 0. The van der Waals surface area contributed by atoms with Crippen LogP contribution in [0.2, 0.25) is 0 Å². The van der Waals surface area contributed by atoms with Crippen molar-refractivity contribution in [3.63, 3.8) is 0 Å². The van der Waals surface area contributed by atoms with Crippen molar-refractivity contribution < 1.29 is 9.21 Å². The number of hydrogen-bond acceptors (Lipinski definition) is 4. The minimum atomic E-state index is -0.358. The highest BCUT2D eigenvalue weighted by molar-refractivity contribution is 5.74. The number of nitrogens with two attached hydrogens (primary N) is 1. The van der Waals surface area contributed by atoms with E-state index < -0.39 is 0 Å². The Labute approximate surface area is 76.3 Å². The standard InChI is InChI=1S/C8H13N3O2/c1-3-7-10-11-8(13-7)5(2)4-6(9)12/h5H,3-4H2,1-2H3,(H2,9,12). The first kappa shape index (κ1) is 9.70. The molecule has 72 valence electrons. The average molecular weight is 183 g/mol. The van der Waals surface area contributed by atoms with Gasteiger partial charge in [0.25, 0.3) is 0 Å². The Morgan fingerprint density at radius 1 is 1.62 bits per heavy atom. The molecule has 5 nitrogen and oxygen atoms in total. The number of primary amides is 1. The number of aryl methyl sites for hydroxylation is 1. The lowest BCUT2D eigenvalue weighted by Gasteiger charge is -2.01. The molecule has 1 heterocycles. The van der Waals surface area contributed by atoms with Gasteiger partial charge in [-0.1, -0.05) is 13.8 Å². The average Bonchev–Trinajstić information content (AvgIpc) is 2.50. The van der Waals surface area contributed by atoms with Crippen molar-refractivity contribution in [2.45, 2.75) is 32.6 Å². The lowest BCUT2D eigenvalue weighted by atomic mass is 10.1. The number of carbonyl (C=O) groups excluding carboxylic acids is 1. The first-order valence-corrected chi connectivity index (χ1v) is 4.24. The highest BCUT2D eigenvalue weighted by atomic mass is 16.4. The Morgan fingerprint density at radius 2 is 2.31 bits per heavy atom. The fraction of sp³-hybridized carbons (Fsp3) is 0.625. The van der Waals surface area contributed by atoms with Crippen LogP contribution in [0.3, 0.4) is 0 Å². The highest BCUT2D eigenvalue weighted by Crippen LogP contribution is 2.16. The van der Waals surface area contributed by atoms with Crippen LogP contribution >= 0.6 is 0 Å². The summed E-state index contributed by atoms with van der Waals surface area (Å²) in [5, 5.41) is 7.61. The summed E-state index contributed by atoms with van der Waals surface area (Å²) in [7, 11) is 0. The topological polar surface area (TPSA) is 82.0 Å². The smallest absolute Gasteiger partial charge is 0.219 e. The Bertz CT molecular complexity index is 295. The van der Waals surface area contributed by atoms with Gasteiger partial charge in [0.1, 0.15) is 0 Å². The first-order valence-electron chi connectivity index (χ1n) is 4.24. The third-order valence-electron chi connectivity index (χ3n) is 1.71. The normalized spacial score (nSPS) is 12.8. The van der Waals surface area contributed by atoms with Crippen LogP contribution in [-0.2, 0) is 11.2 Å². The van der Waals surface area contributed by atoms with Gasteiger partial charge in [-0.15, -0.1) is 10.2 Å². The lowest BCUT2D eigenvalue weighted by molar-refractivity contribution is -0.118. The van der Waals surface area contributed by atoms with E-state index in [-0.39, 0.29) is 18.2 Å². The molecule has 0 aliphatic heterocycles. The SMILES string of the molecule is CCc1nnc(C(C)CC(N)=O)o1. The van der Waals surface area contributed by atoms with E-state index in [1.165, 1.54) is 0 Å². The molecule has 1 atom stereocenters. The molecule has 1 amide bonds. The molecule has 1 unspecified atom stereocenters. The summed E-state index contributed by atoms with van der Waals surface area (Å²) in [4.78, 5) is 10.6. The second-order valence-electron chi connectivity index (χ2n) is 2.96. The molecule has 1 aromatic heterocycles. The van der Waals surface area contributed by atoms with Gasteiger partial charge in [0.15, 0.2) is 0 Å². The highest BCUT2D eigenvalue weighted by Gasteiger charge is 2.15. The van der Waals surface area contributed by atoms with Crippen LogP contribution in [0, 0.1) is 0 Å². The van der Waals surface area contributed by atoms with Crippen molar-refractivity contribution in [3.05, 3.63) is 11.8 Å². The molecule has 5 heteroatoms. The fourth-order valence-electron chi connectivity index (χ4n) is 0.998. The number of rotatable bonds is 4. The van der Waals surface area contributed by atoms with E-state index in [1.807, 2.05) is 13.8 Å². The third kappa shape index (κ3) is 2.54. The molecule has 0 saturated carbocycles. The van der Waals surface area contributed by atoms with Gasteiger partial charge in [-0.05, 0) is 0 Å². The van der Waals surface area contributed by atoms with Crippen molar-refractivity contribution >= 4 is 5.91 Å². The van der Waals surface area contributed by atoms with E-state index in [1.54, 1.807) is 0 Å². The molecule has 2 N–H and O–H groups in total. The van der Waals surface area contributed by atoms with Gasteiger partial charge in [0, 0.05) is 18.8 Å². The molecule has 0 aliphatic carbocycles.